The number of benzene rings is 1. The molecule has 0 unspecified atom stereocenters. The number of carbonyl (C=O) groups is 1. The highest BCUT2D eigenvalue weighted by Crippen LogP contribution is 2.36. The molecule has 0 N–H and O–H groups in total. The summed E-state index contributed by atoms with van der Waals surface area (Å²) in [5.74, 6) is 1.84. The summed E-state index contributed by atoms with van der Waals surface area (Å²) >= 11 is 8.92. The van der Waals surface area contributed by atoms with Gasteiger partial charge in [0.1, 0.15) is 0 Å². The van der Waals surface area contributed by atoms with Gasteiger partial charge in [0, 0.05) is 23.6 Å². The first kappa shape index (κ1) is 17.5. The zero-order chi connectivity index (χ0) is 18.1. The fourth-order valence-corrected chi connectivity index (χ4v) is 4.52. The largest absolute Gasteiger partial charge is 0.440 e. The van der Waals surface area contributed by atoms with Gasteiger partial charge in [-0.25, -0.2) is 4.98 Å². The Morgan fingerprint density at radius 1 is 1.42 bits per heavy atom. The highest BCUT2D eigenvalue weighted by molar-refractivity contribution is 8.00. The second kappa shape index (κ2) is 7.38. The topological polar surface area (TPSA) is 72.1 Å². The molecule has 1 amide bonds. The van der Waals surface area contributed by atoms with Gasteiger partial charge in [-0.15, -0.1) is 10.2 Å². The van der Waals surface area contributed by atoms with Crippen LogP contribution in [-0.2, 0) is 10.5 Å². The smallest absolute Gasteiger partial charge is 0.225 e. The molecule has 0 saturated heterocycles. The second-order valence-electron chi connectivity index (χ2n) is 5.89. The zero-order valence-corrected chi connectivity index (χ0v) is 16.3. The Morgan fingerprint density at radius 3 is 3.00 bits per heavy atom. The molecule has 0 spiro atoms. The van der Waals surface area contributed by atoms with Crippen LogP contribution in [0.25, 0.3) is 11.3 Å². The molecular weight excluding hydrogens is 392 g/mol. The molecule has 1 aromatic carbocycles. The van der Waals surface area contributed by atoms with Gasteiger partial charge in [-0.3, -0.25) is 9.69 Å². The average molecular weight is 407 g/mol. The maximum atomic E-state index is 11.8. The van der Waals surface area contributed by atoms with E-state index in [1.807, 2.05) is 24.3 Å². The quantitative estimate of drug-likeness (QED) is 0.438. The van der Waals surface area contributed by atoms with E-state index >= 15 is 0 Å². The Labute approximate surface area is 163 Å². The number of rotatable bonds is 6. The standard InChI is InChI=1S/C17H15ClN4O2S2/c1-10(23)22(13-5-6-13)16-20-21-17(26-16)25-9-15-19-8-14(24-15)11-3-2-4-12(18)7-11/h2-4,7-8,13H,5-6,9H2,1H3. The molecule has 1 aliphatic carbocycles. The molecular formula is C17H15ClN4O2S2. The number of hydrogen-bond donors (Lipinski definition) is 0. The van der Waals surface area contributed by atoms with Gasteiger partial charge in [0.25, 0.3) is 0 Å². The molecule has 1 aliphatic rings. The zero-order valence-electron chi connectivity index (χ0n) is 13.9. The molecule has 3 aromatic rings. The van der Waals surface area contributed by atoms with E-state index in [0.717, 1.165) is 22.7 Å². The molecule has 2 aromatic heterocycles. The summed E-state index contributed by atoms with van der Waals surface area (Å²) in [7, 11) is 0. The molecule has 0 atom stereocenters. The van der Waals surface area contributed by atoms with Gasteiger partial charge in [-0.05, 0) is 25.0 Å². The van der Waals surface area contributed by atoms with Gasteiger partial charge >= 0.3 is 0 Å². The van der Waals surface area contributed by atoms with Crippen molar-refractivity contribution in [1.29, 1.82) is 0 Å². The normalized spacial score (nSPS) is 13.8. The summed E-state index contributed by atoms with van der Waals surface area (Å²) in [5.41, 5.74) is 0.890. The molecule has 2 heterocycles. The van der Waals surface area contributed by atoms with E-state index in [-0.39, 0.29) is 11.9 Å². The van der Waals surface area contributed by atoms with Crippen molar-refractivity contribution in [2.24, 2.45) is 0 Å². The van der Waals surface area contributed by atoms with Crippen molar-refractivity contribution in [3.63, 3.8) is 0 Å². The molecule has 9 heteroatoms. The molecule has 134 valence electrons. The Hall–Kier alpha value is -1.90. The third kappa shape index (κ3) is 3.92. The van der Waals surface area contributed by atoms with Crippen molar-refractivity contribution in [1.82, 2.24) is 15.2 Å². The van der Waals surface area contributed by atoms with Crippen molar-refractivity contribution in [2.75, 3.05) is 4.90 Å². The van der Waals surface area contributed by atoms with E-state index in [9.17, 15) is 4.79 Å². The summed E-state index contributed by atoms with van der Waals surface area (Å²) in [6.45, 7) is 1.57. The number of carbonyl (C=O) groups excluding carboxylic acids is 1. The molecule has 26 heavy (non-hydrogen) atoms. The van der Waals surface area contributed by atoms with Crippen LogP contribution < -0.4 is 4.90 Å². The maximum absolute atomic E-state index is 11.8. The minimum atomic E-state index is 0.0130. The van der Waals surface area contributed by atoms with Gasteiger partial charge in [0.2, 0.25) is 16.9 Å². The second-order valence-corrected chi connectivity index (χ2v) is 8.50. The summed E-state index contributed by atoms with van der Waals surface area (Å²) in [6.07, 6.45) is 3.76. The van der Waals surface area contributed by atoms with Crippen LogP contribution in [0.5, 0.6) is 0 Å². The number of oxazole rings is 1. The summed E-state index contributed by atoms with van der Waals surface area (Å²) in [4.78, 5) is 17.8. The minimum absolute atomic E-state index is 0.0130. The van der Waals surface area contributed by atoms with E-state index < -0.39 is 0 Å². The minimum Gasteiger partial charge on any atom is -0.440 e. The van der Waals surface area contributed by atoms with Crippen LogP contribution in [0.15, 0.2) is 39.2 Å². The van der Waals surface area contributed by atoms with Gasteiger partial charge in [-0.2, -0.15) is 0 Å². The number of thioether (sulfide) groups is 1. The number of hydrogen-bond acceptors (Lipinski definition) is 7. The number of anilines is 1. The maximum Gasteiger partial charge on any atom is 0.225 e. The molecule has 1 fully saturated rings. The van der Waals surface area contributed by atoms with Crippen LogP contribution in [0.1, 0.15) is 25.7 Å². The molecule has 0 bridgehead atoms. The van der Waals surface area contributed by atoms with Crippen molar-refractivity contribution in [3.8, 4) is 11.3 Å². The molecule has 0 radical (unpaired) electrons. The molecule has 0 aliphatic heterocycles. The average Bonchev–Trinajstić information content (AvgIpc) is 3.14. The van der Waals surface area contributed by atoms with Gasteiger partial charge in [-0.1, -0.05) is 46.8 Å². The fraction of sp³-hybridized carbons (Fsp3) is 0.294. The van der Waals surface area contributed by atoms with Crippen molar-refractivity contribution >= 4 is 45.7 Å². The third-order valence-electron chi connectivity index (χ3n) is 3.83. The van der Waals surface area contributed by atoms with Gasteiger partial charge in [0.05, 0.1) is 11.9 Å². The fourth-order valence-electron chi connectivity index (χ4n) is 2.51. The van der Waals surface area contributed by atoms with Crippen LogP contribution in [0.3, 0.4) is 0 Å². The van der Waals surface area contributed by atoms with E-state index in [4.69, 9.17) is 16.0 Å². The van der Waals surface area contributed by atoms with Crippen LogP contribution in [0, 0.1) is 0 Å². The molecule has 1 saturated carbocycles. The van der Waals surface area contributed by atoms with Gasteiger partial charge < -0.3 is 4.42 Å². The lowest BCUT2D eigenvalue weighted by molar-refractivity contribution is -0.116. The lowest BCUT2D eigenvalue weighted by Crippen LogP contribution is -2.30. The van der Waals surface area contributed by atoms with Gasteiger partial charge in [0.15, 0.2) is 10.1 Å². The lowest BCUT2D eigenvalue weighted by Gasteiger charge is -2.15. The first-order valence-corrected chi connectivity index (χ1v) is 10.2. The summed E-state index contributed by atoms with van der Waals surface area (Å²) in [5, 5.41) is 9.65. The summed E-state index contributed by atoms with van der Waals surface area (Å²) < 4.78 is 6.57. The number of aromatic nitrogens is 3. The number of nitrogens with zero attached hydrogens (tertiary/aromatic N) is 4. The highest BCUT2D eigenvalue weighted by atomic mass is 35.5. The Morgan fingerprint density at radius 2 is 2.27 bits per heavy atom. The van der Waals surface area contributed by atoms with Crippen molar-refractivity contribution in [3.05, 3.63) is 41.4 Å². The first-order chi connectivity index (χ1) is 12.6. The van der Waals surface area contributed by atoms with E-state index in [0.29, 0.717) is 27.6 Å². The van der Waals surface area contributed by atoms with Crippen LogP contribution >= 0.6 is 34.7 Å². The Bertz CT molecular complexity index is 938. The highest BCUT2D eigenvalue weighted by Gasteiger charge is 2.34. The summed E-state index contributed by atoms with van der Waals surface area (Å²) in [6, 6.07) is 7.74. The van der Waals surface area contributed by atoms with E-state index in [1.54, 1.807) is 18.0 Å². The van der Waals surface area contributed by atoms with Crippen LogP contribution in [0.2, 0.25) is 5.02 Å². The van der Waals surface area contributed by atoms with Crippen LogP contribution in [-0.4, -0.2) is 27.1 Å². The monoisotopic (exact) mass is 406 g/mol. The molecule has 4 rings (SSSR count). The SMILES string of the molecule is CC(=O)N(c1nnc(SCc2ncc(-c3cccc(Cl)c3)o2)s1)C1CC1. The lowest BCUT2D eigenvalue weighted by atomic mass is 10.2. The van der Waals surface area contributed by atoms with E-state index in [1.165, 1.54) is 23.1 Å². The number of amides is 1. The van der Waals surface area contributed by atoms with Crippen molar-refractivity contribution < 1.29 is 9.21 Å². The first-order valence-electron chi connectivity index (χ1n) is 8.07. The van der Waals surface area contributed by atoms with Crippen LogP contribution in [0.4, 0.5) is 5.13 Å². The van der Waals surface area contributed by atoms with E-state index in [2.05, 4.69) is 15.2 Å². The third-order valence-corrected chi connectivity index (χ3v) is 6.11. The Balaban J connectivity index is 1.41. The Kier molecular flexibility index (Phi) is 4.97. The van der Waals surface area contributed by atoms with Crippen molar-refractivity contribution in [2.45, 2.75) is 35.9 Å². The molecule has 6 nitrogen and oxygen atoms in total. The number of halogens is 1. The predicted molar refractivity (Wildman–Crippen MR) is 103 cm³/mol. The predicted octanol–water partition coefficient (Wildman–Crippen LogP) is 4.65.